The standard InChI is InChI=1S/C13H12N6O3S/c1-22-13(21)16-11-5-19(18-17-11)6-12(20)15-8-2-3-9-10(4-8)23-7-14-9/h2-5,7H,6H2,1H3,(H,15,20)(H,16,21). The molecular formula is C13H12N6O3S. The molecule has 0 aliphatic rings. The average Bonchev–Trinajstić information content (AvgIpc) is 3.15. The first-order chi connectivity index (χ1) is 11.1. The number of thiazole rings is 1. The molecule has 3 aromatic rings. The Hall–Kier alpha value is -3.01. The molecule has 2 aromatic heterocycles. The quantitative estimate of drug-likeness (QED) is 0.752. The molecule has 0 spiro atoms. The largest absolute Gasteiger partial charge is 0.453 e. The highest BCUT2D eigenvalue weighted by atomic mass is 32.1. The van der Waals surface area contributed by atoms with Gasteiger partial charge >= 0.3 is 6.09 Å². The third kappa shape index (κ3) is 3.61. The number of nitrogens with one attached hydrogen (secondary N) is 2. The summed E-state index contributed by atoms with van der Waals surface area (Å²) in [7, 11) is 1.24. The third-order valence-electron chi connectivity index (χ3n) is 2.87. The number of aromatic nitrogens is 4. The molecule has 0 unspecified atom stereocenters. The first-order valence-electron chi connectivity index (χ1n) is 6.52. The number of amides is 2. The predicted octanol–water partition coefficient (Wildman–Crippen LogP) is 1.70. The highest BCUT2D eigenvalue weighted by molar-refractivity contribution is 7.16. The first-order valence-corrected chi connectivity index (χ1v) is 7.40. The van der Waals surface area contributed by atoms with Gasteiger partial charge in [0.15, 0.2) is 5.82 Å². The maximum absolute atomic E-state index is 12.0. The summed E-state index contributed by atoms with van der Waals surface area (Å²) in [5, 5.41) is 12.6. The van der Waals surface area contributed by atoms with Gasteiger partial charge < -0.3 is 10.1 Å². The molecule has 0 bridgehead atoms. The lowest BCUT2D eigenvalue weighted by atomic mass is 10.3. The van der Waals surface area contributed by atoms with Crippen molar-refractivity contribution < 1.29 is 14.3 Å². The highest BCUT2D eigenvalue weighted by Crippen LogP contribution is 2.21. The second kappa shape index (κ2) is 6.40. The summed E-state index contributed by atoms with van der Waals surface area (Å²) in [5.74, 6) is -0.0564. The number of methoxy groups -OCH3 is 1. The van der Waals surface area contributed by atoms with Crippen LogP contribution in [0.5, 0.6) is 0 Å². The maximum Gasteiger partial charge on any atom is 0.412 e. The van der Waals surface area contributed by atoms with E-state index in [9.17, 15) is 9.59 Å². The van der Waals surface area contributed by atoms with Gasteiger partial charge in [-0.15, -0.1) is 16.4 Å². The van der Waals surface area contributed by atoms with Crippen molar-refractivity contribution in [1.29, 1.82) is 0 Å². The average molecular weight is 332 g/mol. The van der Waals surface area contributed by atoms with Gasteiger partial charge in [0.05, 0.1) is 29.0 Å². The van der Waals surface area contributed by atoms with E-state index in [0.29, 0.717) is 5.69 Å². The topological polar surface area (TPSA) is 111 Å². The van der Waals surface area contributed by atoms with Crippen molar-refractivity contribution in [3.05, 3.63) is 29.9 Å². The fourth-order valence-electron chi connectivity index (χ4n) is 1.87. The van der Waals surface area contributed by atoms with Crippen LogP contribution in [0, 0.1) is 0 Å². The Balaban J connectivity index is 1.61. The minimum atomic E-state index is -0.653. The number of hydrogen-bond donors (Lipinski definition) is 2. The number of benzene rings is 1. The number of nitrogens with zero attached hydrogens (tertiary/aromatic N) is 4. The summed E-state index contributed by atoms with van der Waals surface area (Å²) < 4.78 is 6.75. The second-order valence-electron chi connectivity index (χ2n) is 4.50. The van der Waals surface area contributed by atoms with Gasteiger partial charge in [-0.05, 0) is 18.2 Å². The van der Waals surface area contributed by atoms with E-state index < -0.39 is 6.09 Å². The minimum absolute atomic E-state index is 0.0312. The molecule has 2 N–H and O–H groups in total. The van der Waals surface area contributed by atoms with E-state index >= 15 is 0 Å². The zero-order chi connectivity index (χ0) is 16.2. The molecule has 3 rings (SSSR count). The fourth-order valence-corrected chi connectivity index (χ4v) is 2.59. The van der Waals surface area contributed by atoms with E-state index in [4.69, 9.17) is 0 Å². The van der Waals surface area contributed by atoms with Crippen LogP contribution in [0.25, 0.3) is 10.2 Å². The molecular weight excluding hydrogens is 320 g/mol. The molecule has 9 nitrogen and oxygen atoms in total. The number of ether oxygens (including phenoxy) is 1. The molecule has 0 fully saturated rings. The van der Waals surface area contributed by atoms with Crippen molar-refractivity contribution in [1.82, 2.24) is 20.0 Å². The highest BCUT2D eigenvalue weighted by Gasteiger charge is 2.09. The summed E-state index contributed by atoms with van der Waals surface area (Å²) in [5.41, 5.74) is 3.32. The summed E-state index contributed by atoms with van der Waals surface area (Å²) in [4.78, 5) is 27.2. The third-order valence-corrected chi connectivity index (χ3v) is 3.67. The lowest BCUT2D eigenvalue weighted by Crippen LogP contribution is -2.19. The molecule has 2 heterocycles. The van der Waals surface area contributed by atoms with Crippen molar-refractivity contribution in [2.75, 3.05) is 17.7 Å². The fraction of sp³-hybridized carbons (Fsp3) is 0.154. The normalized spacial score (nSPS) is 10.5. The van der Waals surface area contributed by atoms with Gasteiger partial charge in [0, 0.05) is 5.69 Å². The second-order valence-corrected chi connectivity index (χ2v) is 5.39. The number of carbonyl (C=O) groups excluding carboxylic acids is 2. The lowest BCUT2D eigenvalue weighted by molar-refractivity contribution is -0.116. The molecule has 0 aliphatic heterocycles. The lowest BCUT2D eigenvalue weighted by Gasteiger charge is -2.04. The van der Waals surface area contributed by atoms with Crippen LogP contribution >= 0.6 is 11.3 Å². The Bertz CT molecular complexity index is 858. The summed E-state index contributed by atoms with van der Waals surface area (Å²) in [6.45, 7) is -0.0312. The van der Waals surface area contributed by atoms with Gasteiger partial charge in [-0.25, -0.2) is 14.5 Å². The predicted molar refractivity (Wildman–Crippen MR) is 84.3 cm³/mol. The summed E-state index contributed by atoms with van der Waals surface area (Å²) in [6.07, 6.45) is 0.780. The Morgan fingerprint density at radius 2 is 2.22 bits per heavy atom. The SMILES string of the molecule is COC(=O)Nc1cn(CC(=O)Nc2ccc3ncsc3c2)nn1. The Labute approximate surface area is 134 Å². The van der Waals surface area contributed by atoms with Gasteiger partial charge in [-0.1, -0.05) is 5.21 Å². The number of rotatable bonds is 4. The van der Waals surface area contributed by atoms with Crippen LogP contribution in [0.15, 0.2) is 29.9 Å². The van der Waals surface area contributed by atoms with E-state index in [1.54, 1.807) is 11.6 Å². The van der Waals surface area contributed by atoms with Gasteiger partial charge in [-0.2, -0.15) is 0 Å². The van der Waals surface area contributed by atoms with Crippen LogP contribution in [-0.2, 0) is 16.1 Å². The Morgan fingerprint density at radius 1 is 1.35 bits per heavy atom. The van der Waals surface area contributed by atoms with Crippen LogP contribution in [0.4, 0.5) is 16.3 Å². The summed E-state index contributed by atoms with van der Waals surface area (Å²) in [6, 6.07) is 5.48. The number of fused-ring (bicyclic) bond motifs is 1. The van der Waals surface area contributed by atoms with Gasteiger partial charge in [-0.3, -0.25) is 10.1 Å². The number of anilines is 2. The Morgan fingerprint density at radius 3 is 3.04 bits per heavy atom. The van der Waals surface area contributed by atoms with Crippen LogP contribution in [0.1, 0.15) is 0 Å². The molecule has 0 radical (unpaired) electrons. The minimum Gasteiger partial charge on any atom is -0.453 e. The van der Waals surface area contributed by atoms with Crippen LogP contribution in [0.2, 0.25) is 0 Å². The zero-order valence-electron chi connectivity index (χ0n) is 12.0. The van der Waals surface area contributed by atoms with E-state index in [1.807, 2.05) is 12.1 Å². The van der Waals surface area contributed by atoms with E-state index in [2.05, 4.69) is 30.7 Å². The van der Waals surface area contributed by atoms with Crippen LogP contribution < -0.4 is 10.6 Å². The molecule has 10 heteroatoms. The van der Waals surface area contributed by atoms with E-state index in [-0.39, 0.29) is 18.3 Å². The maximum atomic E-state index is 12.0. The van der Waals surface area contributed by atoms with Gasteiger partial charge in [0.1, 0.15) is 6.54 Å². The molecule has 0 saturated heterocycles. The molecule has 2 amide bonds. The molecule has 1 aromatic carbocycles. The van der Waals surface area contributed by atoms with Crippen LogP contribution in [-0.4, -0.2) is 39.1 Å². The van der Waals surface area contributed by atoms with Crippen molar-refractivity contribution in [3.8, 4) is 0 Å². The van der Waals surface area contributed by atoms with Crippen molar-refractivity contribution >= 4 is 45.1 Å². The van der Waals surface area contributed by atoms with Crippen molar-refractivity contribution in [2.24, 2.45) is 0 Å². The van der Waals surface area contributed by atoms with Gasteiger partial charge in [0.25, 0.3) is 0 Å². The molecule has 118 valence electrons. The van der Waals surface area contributed by atoms with Crippen molar-refractivity contribution in [2.45, 2.75) is 6.54 Å². The van der Waals surface area contributed by atoms with E-state index in [1.165, 1.54) is 29.3 Å². The monoisotopic (exact) mass is 332 g/mol. The first kappa shape index (κ1) is 14.9. The van der Waals surface area contributed by atoms with Crippen molar-refractivity contribution in [3.63, 3.8) is 0 Å². The number of carbonyl (C=O) groups is 2. The molecule has 0 aliphatic carbocycles. The van der Waals surface area contributed by atoms with Gasteiger partial charge in [0.2, 0.25) is 5.91 Å². The van der Waals surface area contributed by atoms with Crippen LogP contribution in [0.3, 0.4) is 0 Å². The molecule has 23 heavy (non-hydrogen) atoms. The zero-order valence-corrected chi connectivity index (χ0v) is 12.8. The smallest absolute Gasteiger partial charge is 0.412 e. The van der Waals surface area contributed by atoms with E-state index in [0.717, 1.165) is 10.2 Å². The number of hydrogen-bond acceptors (Lipinski definition) is 7. The Kier molecular flexibility index (Phi) is 4.15. The summed E-state index contributed by atoms with van der Waals surface area (Å²) >= 11 is 1.50. The molecule has 0 saturated carbocycles. The molecule has 0 atom stereocenters.